The third kappa shape index (κ3) is 5.48. The molecule has 0 atom stereocenters. The standard InChI is InChI=1S/C29H29N3O3S/c1-21-18-25(31-14-16-35-17-15-31)11-10-23(21)19-27-28(33)32(20-22-8-12-26(34-2)13-9-22)29(36-27)30-24-6-4-3-5-7-24/h3-13,18-19H,14-17,20H2,1-2H3/b27-19-,30-29?. The van der Waals surface area contributed by atoms with Gasteiger partial charge in [0.05, 0.1) is 37.5 Å². The number of hydrogen-bond donors (Lipinski definition) is 0. The molecule has 0 spiro atoms. The Morgan fingerprint density at radius 1 is 1.03 bits per heavy atom. The summed E-state index contributed by atoms with van der Waals surface area (Å²) in [4.78, 5) is 23.1. The van der Waals surface area contributed by atoms with E-state index in [1.54, 1.807) is 12.0 Å². The van der Waals surface area contributed by atoms with Crippen molar-refractivity contribution < 1.29 is 14.3 Å². The maximum atomic E-state index is 13.6. The van der Waals surface area contributed by atoms with Crippen LogP contribution >= 0.6 is 11.8 Å². The molecule has 0 aromatic heterocycles. The lowest BCUT2D eigenvalue weighted by Gasteiger charge is -2.29. The van der Waals surface area contributed by atoms with Gasteiger partial charge in [0, 0.05) is 18.8 Å². The minimum Gasteiger partial charge on any atom is -0.497 e. The van der Waals surface area contributed by atoms with E-state index in [1.165, 1.54) is 17.4 Å². The van der Waals surface area contributed by atoms with Crippen molar-refractivity contribution in [3.05, 3.63) is 94.4 Å². The van der Waals surface area contributed by atoms with Crippen LogP contribution in [-0.4, -0.2) is 49.4 Å². The largest absolute Gasteiger partial charge is 0.497 e. The summed E-state index contributed by atoms with van der Waals surface area (Å²) in [5.74, 6) is 0.748. The number of nitrogens with zero attached hydrogens (tertiary/aromatic N) is 3. The zero-order valence-electron chi connectivity index (χ0n) is 20.5. The van der Waals surface area contributed by atoms with Gasteiger partial charge in [-0.3, -0.25) is 9.69 Å². The van der Waals surface area contributed by atoms with E-state index in [2.05, 4.69) is 30.0 Å². The van der Waals surface area contributed by atoms with Gasteiger partial charge in [-0.05, 0) is 77.9 Å². The van der Waals surface area contributed by atoms with Crippen LogP contribution < -0.4 is 9.64 Å². The van der Waals surface area contributed by atoms with Gasteiger partial charge in [0.15, 0.2) is 5.17 Å². The number of benzene rings is 3. The van der Waals surface area contributed by atoms with E-state index in [1.807, 2.05) is 60.7 Å². The summed E-state index contributed by atoms with van der Waals surface area (Å²) in [5, 5.41) is 0.677. The molecule has 0 radical (unpaired) electrons. The first-order valence-corrected chi connectivity index (χ1v) is 12.8. The first-order valence-electron chi connectivity index (χ1n) is 12.0. The van der Waals surface area contributed by atoms with Gasteiger partial charge in [-0.1, -0.05) is 36.4 Å². The molecule has 0 bridgehead atoms. The lowest BCUT2D eigenvalue weighted by Crippen LogP contribution is -2.36. The van der Waals surface area contributed by atoms with Crippen molar-refractivity contribution in [2.45, 2.75) is 13.5 Å². The van der Waals surface area contributed by atoms with Gasteiger partial charge in [0.1, 0.15) is 5.75 Å². The Labute approximate surface area is 216 Å². The lowest BCUT2D eigenvalue weighted by atomic mass is 10.1. The Morgan fingerprint density at radius 3 is 2.47 bits per heavy atom. The van der Waals surface area contributed by atoms with Crippen molar-refractivity contribution in [3.8, 4) is 5.75 Å². The van der Waals surface area contributed by atoms with Crippen molar-refractivity contribution in [2.24, 2.45) is 4.99 Å². The number of anilines is 1. The molecule has 0 saturated carbocycles. The molecule has 3 aromatic rings. The number of hydrogen-bond acceptors (Lipinski definition) is 6. The summed E-state index contributed by atoms with van der Waals surface area (Å²) in [5.41, 5.74) is 5.19. The van der Waals surface area contributed by atoms with E-state index in [9.17, 15) is 4.79 Å². The fraction of sp³-hybridized carbons (Fsp3) is 0.241. The van der Waals surface area contributed by atoms with Crippen molar-refractivity contribution in [3.63, 3.8) is 0 Å². The van der Waals surface area contributed by atoms with Gasteiger partial charge in [-0.25, -0.2) is 4.99 Å². The Balaban J connectivity index is 1.43. The maximum Gasteiger partial charge on any atom is 0.267 e. The molecule has 1 amide bonds. The predicted molar refractivity (Wildman–Crippen MR) is 147 cm³/mol. The summed E-state index contributed by atoms with van der Waals surface area (Å²) in [6.45, 7) is 5.83. The van der Waals surface area contributed by atoms with Crippen LogP contribution in [0.2, 0.25) is 0 Å². The molecular formula is C29H29N3O3S. The number of aryl methyl sites for hydroxylation is 1. The zero-order chi connectivity index (χ0) is 24.9. The molecular weight excluding hydrogens is 470 g/mol. The number of amidine groups is 1. The van der Waals surface area contributed by atoms with E-state index in [4.69, 9.17) is 14.5 Å². The number of thioether (sulfide) groups is 1. The van der Waals surface area contributed by atoms with Gasteiger partial charge in [0.2, 0.25) is 0 Å². The van der Waals surface area contributed by atoms with E-state index in [-0.39, 0.29) is 5.91 Å². The second kappa shape index (κ2) is 11.0. The Kier molecular flexibility index (Phi) is 7.39. The van der Waals surface area contributed by atoms with Crippen LogP contribution in [0, 0.1) is 6.92 Å². The van der Waals surface area contributed by atoms with Gasteiger partial charge in [-0.2, -0.15) is 0 Å². The summed E-state index contributed by atoms with van der Waals surface area (Å²) < 4.78 is 10.8. The number of rotatable bonds is 6. The van der Waals surface area contributed by atoms with Crippen LogP contribution in [0.4, 0.5) is 11.4 Å². The van der Waals surface area contributed by atoms with Crippen molar-refractivity contribution in [1.29, 1.82) is 0 Å². The molecule has 6 nitrogen and oxygen atoms in total. The van der Waals surface area contributed by atoms with Crippen LogP contribution in [0.25, 0.3) is 6.08 Å². The SMILES string of the molecule is COc1ccc(CN2C(=O)/C(=C/c3ccc(N4CCOCC4)cc3C)SC2=Nc2ccccc2)cc1. The van der Waals surface area contributed by atoms with Gasteiger partial charge in [0.25, 0.3) is 5.91 Å². The molecule has 2 fully saturated rings. The fourth-order valence-corrected chi connectivity index (χ4v) is 5.23. The number of carbonyl (C=O) groups is 1. The van der Waals surface area contributed by atoms with Crippen LogP contribution in [-0.2, 0) is 16.1 Å². The molecule has 2 aliphatic heterocycles. The fourth-order valence-electron chi connectivity index (χ4n) is 4.24. The first-order chi connectivity index (χ1) is 17.6. The monoisotopic (exact) mass is 499 g/mol. The highest BCUT2D eigenvalue weighted by Crippen LogP contribution is 2.36. The first kappa shape index (κ1) is 24.2. The summed E-state index contributed by atoms with van der Waals surface area (Å²) in [6, 6.07) is 23.9. The average molecular weight is 500 g/mol. The summed E-state index contributed by atoms with van der Waals surface area (Å²) >= 11 is 1.42. The van der Waals surface area contributed by atoms with E-state index >= 15 is 0 Å². The number of aliphatic imine (C=N–C) groups is 1. The van der Waals surface area contributed by atoms with Crippen LogP contribution in [0.5, 0.6) is 5.75 Å². The average Bonchev–Trinajstić information content (AvgIpc) is 3.20. The van der Waals surface area contributed by atoms with Crippen molar-refractivity contribution in [2.75, 3.05) is 38.3 Å². The molecule has 3 aromatic carbocycles. The van der Waals surface area contributed by atoms with Gasteiger partial charge >= 0.3 is 0 Å². The molecule has 0 aliphatic carbocycles. The number of amides is 1. The molecule has 2 aliphatic rings. The maximum absolute atomic E-state index is 13.6. The van der Waals surface area contributed by atoms with Crippen molar-refractivity contribution in [1.82, 2.24) is 4.90 Å². The molecule has 0 unspecified atom stereocenters. The minimum atomic E-state index is -0.0397. The molecule has 2 heterocycles. The molecule has 2 saturated heterocycles. The molecule has 0 N–H and O–H groups in total. The Morgan fingerprint density at radius 2 is 1.78 bits per heavy atom. The summed E-state index contributed by atoms with van der Waals surface area (Å²) in [6.07, 6.45) is 1.99. The zero-order valence-corrected chi connectivity index (χ0v) is 21.3. The second-order valence-electron chi connectivity index (χ2n) is 8.72. The lowest BCUT2D eigenvalue weighted by molar-refractivity contribution is -0.122. The molecule has 7 heteroatoms. The Hall–Kier alpha value is -3.55. The van der Waals surface area contributed by atoms with Crippen molar-refractivity contribution >= 4 is 40.3 Å². The smallest absolute Gasteiger partial charge is 0.267 e. The highest BCUT2D eigenvalue weighted by molar-refractivity contribution is 8.18. The van der Waals surface area contributed by atoms with Crippen LogP contribution in [0.15, 0.2) is 82.7 Å². The highest BCUT2D eigenvalue weighted by atomic mass is 32.2. The third-order valence-corrected chi connectivity index (χ3v) is 7.29. The van der Waals surface area contributed by atoms with E-state index in [0.717, 1.165) is 54.4 Å². The number of para-hydroxylation sites is 1. The van der Waals surface area contributed by atoms with Gasteiger partial charge in [-0.15, -0.1) is 0 Å². The highest BCUT2D eigenvalue weighted by Gasteiger charge is 2.33. The van der Waals surface area contributed by atoms with E-state index in [0.29, 0.717) is 16.6 Å². The van der Waals surface area contributed by atoms with Gasteiger partial charge < -0.3 is 14.4 Å². The number of morpholine rings is 1. The number of carbonyl (C=O) groups excluding carboxylic acids is 1. The third-order valence-electron chi connectivity index (χ3n) is 6.28. The van der Waals surface area contributed by atoms with E-state index < -0.39 is 0 Å². The predicted octanol–water partition coefficient (Wildman–Crippen LogP) is 5.64. The minimum absolute atomic E-state index is 0.0397. The van der Waals surface area contributed by atoms with Crippen LogP contribution in [0.1, 0.15) is 16.7 Å². The Bertz CT molecular complexity index is 1280. The topological polar surface area (TPSA) is 54.4 Å². The molecule has 36 heavy (non-hydrogen) atoms. The number of ether oxygens (including phenoxy) is 2. The number of methoxy groups -OCH3 is 1. The van der Waals surface area contributed by atoms with Crippen LogP contribution in [0.3, 0.4) is 0 Å². The quantitative estimate of drug-likeness (QED) is 0.411. The molecule has 184 valence electrons. The second-order valence-corrected chi connectivity index (χ2v) is 9.73. The normalized spacial score (nSPS) is 18.3. The summed E-state index contributed by atoms with van der Waals surface area (Å²) in [7, 11) is 1.65. The molecule has 5 rings (SSSR count).